The lowest BCUT2D eigenvalue weighted by atomic mass is 9.89. The molecule has 0 saturated carbocycles. The van der Waals surface area contributed by atoms with Crippen LogP contribution < -0.4 is 5.32 Å². The molecular formula is C15H12BrNO. The predicted molar refractivity (Wildman–Crippen MR) is 76.0 cm³/mol. The highest BCUT2D eigenvalue weighted by atomic mass is 79.9. The monoisotopic (exact) mass is 301 g/mol. The summed E-state index contributed by atoms with van der Waals surface area (Å²) in [5, 5.41) is 2.93. The number of carbonyl (C=O) groups is 1. The fraction of sp³-hybridized carbons (Fsp3) is 0.133. The molecule has 1 heterocycles. The summed E-state index contributed by atoms with van der Waals surface area (Å²) in [5.74, 6) is -0.0296. The first-order valence-corrected chi connectivity index (χ1v) is 6.59. The molecule has 1 atom stereocenters. The zero-order valence-corrected chi connectivity index (χ0v) is 11.5. The Kier molecular flexibility index (Phi) is 2.52. The van der Waals surface area contributed by atoms with Crippen molar-refractivity contribution in [2.45, 2.75) is 11.2 Å². The van der Waals surface area contributed by atoms with E-state index in [4.69, 9.17) is 0 Å². The Labute approximate surface area is 114 Å². The van der Waals surface area contributed by atoms with E-state index in [9.17, 15) is 4.79 Å². The lowest BCUT2D eigenvalue weighted by Crippen LogP contribution is -2.29. The fourth-order valence-electron chi connectivity index (χ4n) is 2.45. The highest BCUT2D eigenvalue weighted by molar-refractivity contribution is 9.10. The van der Waals surface area contributed by atoms with Gasteiger partial charge in [-0.3, -0.25) is 4.79 Å². The largest absolute Gasteiger partial charge is 0.324 e. The summed E-state index contributed by atoms with van der Waals surface area (Å²) >= 11 is 3.66. The number of anilines is 1. The van der Waals surface area contributed by atoms with E-state index in [-0.39, 0.29) is 5.91 Å². The lowest BCUT2D eigenvalue weighted by molar-refractivity contribution is -0.116. The number of benzene rings is 2. The molecule has 3 rings (SSSR count). The molecule has 0 saturated heterocycles. The molecule has 0 radical (unpaired) electrons. The molecule has 3 heteroatoms. The Morgan fingerprint density at radius 2 is 1.61 bits per heavy atom. The number of halogens is 1. The van der Waals surface area contributed by atoms with E-state index in [1.807, 2.05) is 55.5 Å². The quantitative estimate of drug-likeness (QED) is 0.801. The molecule has 1 aliphatic rings. The lowest BCUT2D eigenvalue weighted by Gasteiger charge is -2.22. The van der Waals surface area contributed by atoms with Gasteiger partial charge in [0.2, 0.25) is 5.91 Å². The van der Waals surface area contributed by atoms with Gasteiger partial charge in [-0.25, -0.2) is 0 Å². The number of hydrogen-bond donors (Lipinski definition) is 1. The predicted octanol–water partition coefficient (Wildman–Crippen LogP) is 3.59. The highest BCUT2D eigenvalue weighted by Gasteiger charge is 2.46. The van der Waals surface area contributed by atoms with E-state index in [0.717, 1.165) is 22.4 Å². The molecule has 0 fully saturated rings. The van der Waals surface area contributed by atoms with Gasteiger partial charge in [0.05, 0.1) is 0 Å². The second kappa shape index (κ2) is 3.95. The minimum absolute atomic E-state index is 0.0296. The van der Waals surface area contributed by atoms with Crippen molar-refractivity contribution in [3.63, 3.8) is 0 Å². The Morgan fingerprint density at radius 1 is 1.00 bits per heavy atom. The van der Waals surface area contributed by atoms with Crippen molar-refractivity contribution in [2.75, 3.05) is 5.32 Å². The average molecular weight is 302 g/mol. The van der Waals surface area contributed by atoms with Crippen LogP contribution >= 0.6 is 15.9 Å². The molecule has 1 unspecified atom stereocenters. The first kappa shape index (κ1) is 11.5. The number of carbonyl (C=O) groups excluding carboxylic acids is 1. The first-order chi connectivity index (χ1) is 8.64. The summed E-state index contributed by atoms with van der Waals surface area (Å²) < 4.78 is -0.769. The van der Waals surface area contributed by atoms with Crippen LogP contribution in [0.3, 0.4) is 0 Å². The molecule has 0 spiro atoms. The van der Waals surface area contributed by atoms with Crippen LogP contribution in [0.1, 0.15) is 16.7 Å². The molecule has 0 aromatic heterocycles. The Bertz CT molecular complexity index is 638. The maximum atomic E-state index is 12.3. The number of nitrogens with one attached hydrogen (secondary N) is 1. The van der Waals surface area contributed by atoms with Crippen LogP contribution in [0.4, 0.5) is 5.69 Å². The summed E-state index contributed by atoms with van der Waals surface area (Å²) in [7, 11) is 0. The number of para-hydroxylation sites is 1. The Balaban J connectivity index is 2.27. The second-order valence-corrected chi connectivity index (χ2v) is 5.66. The smallest absolute Gasteiger partial charge is 0.250 e. The molecular weight excluding hydrogens is 290 g/mol. The molecule has 0 bridgehead atoms. The number of rotatable bonds is 1. The van der Waals surface area contributed by atoms with Gasteiger partial charge in [-0.15, -0.1) is 0 Å². The molecule has 18 heavy (non-hydrogen) atoms. The van der Waals surface area contributed by atoms with Crippen molar-refractivity contribution >= 4 is 27.5 Å². The SMILES string of the molecule is Cc1ccccc1C1(Br)C(=O)Nc2ccccc21. The van der Waals surface area contributed by atoms with E-state index in [0.29, 0.717) is 0 Å². The van der Waals surface area contributed by atoms with Crippen molar-refractivity contribution in [1.82, 2.24) is 0 Å². The van der Waals surface area contributed by atoms with Gasteiger partial charge >= 0.3 is 0 Å². The van der Waals surface area contributed by atoms with E-state index >= 15 is 0 Å². The average Bonchev–Trinajstić information content (AvgIpc) is 2.63. The van der Waals surface area contributed by atoms with Gasteiger partial charge in [-0.05, 0) is 24.1 Å². The third kappa shape index (κ3) is 1.44. The minimum atomic E-state index is -0.769. The number of aryl methyl sites for hydroxylation is 1. The van der Waals surface area contributed by atoms with Gasteiger partial charge in [-0.1, -0.05) is 58.4 Å². The van der Waals surface area contributed by atoms with Crippen LogP contribution in [0.5, 0.6) is 0 Å². The van der Waals surface area contributed by atoms with Crippen molar-refractivity contribution in [3.8, 4) is 0 Å². The summed E-state index contributed by atoms with van der Waals surface area (Å²) in [4.78, 5) is 12.3. The number of hydrogen-bond acceptors (Lipinski definition) is 1. The molecule has 1 N–H and O–H groups in total. The molecule has 1 amide bonds. The molecule has 2 nitrogen and oxygen atoms in total. The number of fused-ring (bicyclic) bond motifs is 1. The summed E-state index contributed by atoms with van der Waals surface area (Å²) in [6.45, 7) is 2.02. The van der Waals surface area contributed by atoms with Crippen LogP contribution in [0.15, 0.2) is 48.5 Å². The van der Waals surface area contributed by atoms with Crippen LogP contribution in [-0.2, 0) is 9.12 Å². The third-order valence-electron chi connectivity index (χ3n) is 3.38. The zero-order valence-electron chi connectivity index (χ0n) is 9.91. The van der Waals surface area contributed by atoms with Gasteiger partial charge in [0.1, 0.15) is 0 Å². The molecule has 90 valence electrons. The topological polar surface area (TPSA) is 29.1 Å². The van der Waals surface area contributed by atoms with E-state index in [1.54, 1.807) is 0 Å². The molecule has 0 aliphatic carbocycles. The Hall–Kier alpha value is -1.61. The summed E-state index contributed by atoms with van der Waals surface area (Å²) in [6, 6.07) is 15.7. The standard InChI is InChI=1S/C15H12BrNO/c1-10-6-2-3-7-11(10)15(16)12-8-4-5-9-13(12)17-14(15)18/h2-9H,1H3,(H,17,18). The third-order valence-corrected chi connectivity index (χ3v) is 4.59. The van der Waals surface area contributed by atoms with Crippen molar-refractivity contribution in [2.24, 2.45) is 0 Å². The van der Waals surface area contributed by atoms with E-state index in [1.165, 1.54) is 0 Å². The fourth-order valence-corrected chi connectivity index (χ4v) is 3.34. The van der Waals surface area contributed by atoms with E-state index < -0.39 is 4.32 Å². The summed E-state index contributed by atoms with van der Waals surface area (Å²) in [6.07, 6.45) is 0. The molecule has 2 aromatic carbocycles. The zero-order chi connectivity index (χ0) is 12.8. The molecule has 1 aliphatic heterocycles. The normalized spacial score (nSPS) is 21.6. The molecule has 2 aromatic rings. The van der Waals surface area contributed by atoms with Crippen molar-refractivity contribution < 1.29 is 4.79 Å². The van der Waals surface area contributed by atoms with Crippen LogP contribution in [0.2, 0.25) is 0 Å². The van der Waals surface area contributed by atoms with Crippen molar-refractivity contribution in [3.05, 3.63) is 65.2 Å². The van der Waals surface area contributed by atoms with Gasteiger partial charge in [0.15, 0.2) is 4.32 Å². The van der Waals surface area contributed by atoms with Crippen LogP contribution in [0.25, 0.3) is 0 Å². The maximum Gasteiger partial charge on any atom is 0.250 e. The van der Waals surface area contributed by atoms with Gasteiger partial charge in [-0.2, -0.15) is 0 Å². The Morgan fingerprint density at radius 3 is 2.33 bits per heavy atom. The number of amides is 1. The van der Waals surface area contributed by atoms with Crippen molar-refractivity contribution in [1.29, 1.82) is 0 Å². The van der Waals surface area contributed by atoms with Gasteiger partial charge < -0.3 is 5.32 Å². The highest BCUT2D eigenvalue weighted by Crippen LogP contribution is 2.48. The van der Waals surface area contributed by atoms with Crippen LogP contribution in [0, 0.1) is 6.92 Å². The van der Waals surface area contributed by atoms with Gasteiger partial charge in [0, 0.05) is 11.3 Å². The van der Waals surface area contributed by atoms with Crippen LogP contribution in [-0.4, -0.2) is 5.91 Å². The summed E-state index contributed by atoms with van der Waals surface area (Å²) in [5.41, 5.74) is 3.95. The first-order valence-electron chi connectivity index (χ1n) is 5.80. The number of alkyl halides is 1. The second-order valence-electron chi connectivity index (χ2n) is 4.47. The van der Waals surface area contributed by atoms with E-state index in [2.05, 4.69) is 21.2 Å². The minimum Gasteiger partial charge on any atom is -0.324 e. The van der Waals surface area contributed by atoms with Gasteiger partial charge in [0.25, 0.3) is 0 Å². The maximum absolute atomic E-state index is 12.3.